The Balaban J connectivity index is 1.14. The highest BCUT2D eigenvalue weighted by molar-refractivity contribution is 7.99. The van der Waals surface area contributed by atoms with E-state index >= 15 is 0 Å². The van der Waals surface area contributed by atoms with Crippen LogP contribution in [0.3, 0.4) is 0 Å². The molecule has 0 unspecified atom stereocenters. The number of benzene rings is 2. The lowest BCUT2D eigenvalue weighted by Crippen LogP contribution is -2.21. The van der Waals surface area contributed by atoms with E-state index in [2.05, 4.69) is 41.2 Å². The Hall–Kier alpha value is -3.38. The van der Waals surface area contributed by atoms with Crippen molar-refractivity contribution in [1.82, 2.24) is 14.5 Å². The monoisotopic (exact) mass is 527 g/mol. The average Bonchev–Trinajstić information content (AvgIpc) is 2.92. The molecule has 5 nitrogen and oxygen atoms in total. The first-order chi connectivity index (χ1) is 18.6. The van der Waals surface area contributed by atoms with E-state index in [-0.39, 0.29) is 11.1 Å². The number of hydrogen-bond donors (Lipinski definition) is 1. The summed E-state index contributed by atoms with van der Waals surface area (Å²) in [7, 11) is 0. The lowest BCUT2D eigenvalue weighted by molar-refractivity contribution is 0.609. The first kappa shape index (κ1) is 27.6. The summed E-state index contributed by atoms with van der Waals surface area (Å²) in [5, 5.41) is 0.662. The Bertz CT molecular complexity index is 1390. The molecule has 0 fully saturated rings. The van der Waals surface area contributed by atoms with E-state index in [0.717, 1.165) is 23.3 Å². The van der Waals surface area contributed by atoms with Gasteiger partial charge in [-0.15, -0.1) is 0 Å². The fourth-order valence-corrected chi connectivity index (χ4v) is 5.29. The van der Waals surface area contributed by atoms with Gasteiger partial charge in [0.1, 0.15) is 0 Å². The molecule has 0 amide bonds. The molecule has 6 heteroatoms. The van der Waals surface area contributed by atoms with Crippen LogP contribution in [0.5, 0.6) is 0 Å². The maximum absolute atomic E-state index is 12.6. The van der Waals surface area contributed by atoms with Crippen LogP contribution < -0.4 is 11.1 Å². The van der Waals surface area contributed by atoms with Crippen LogP contribution in [-0.4, -0.2) is 20.3 Å². The van der Waals surface area contributed by atoms with Crippen molar-refractivity contribution in [2.24, 2.45) is 0 Å². The summed E-state index contributed by atoms with van der Waals surface area (Å²) >= 11 is 1.60. The molecule has 198 valence electrons. The van der Waals surface area contributed by atoms with Gasteiger partial charge in [-0.25, -0.2) is 4.98 Å². The Labute approximate surface area is 229 Å². The molecule has 0 spiro atoms. The summed E-state index contributed by atoms with van der Waals surface area (Å²) in [6, 6.07) is 22.3. The molecule has 0 radical (unpaired) electrons. The highest BCUT2D eigenvalue weighted by Crippen LogP contribution is 2.16. The van der Waals surface area contributed by atoms with E-state index in [4.69, 9.17) is 0 Å². The third-order valence-corrected chi connectivity index (χ3v) is 7.69. The summed E-state index contributed by atoms with van der Waals surface area (Å²) in [6.07, 6.45) is 12.4. The molecule has 0 saturated carbocycles. The molecule has 4 aromatic rings. The molecule has 0 aliphatic heterocycles. The standard InChI is InChI=1S/C32H37N3O2S/c1-25-14-16-26(17-15-25)11-7-4-2-3-5-10-20-38-32-33-23-29(31(37)34-32)21-28-18-19-35(30(36)22-28)24-27-12-8-6-9-13-27/h6,8-9,12-19,22-23H,2-5,7,10-11,20-21,24H2,1H3,(H,33,34,37). The van der Waals surface area contributed by atoms with Crippen LogP contribution in [0.2, 0.25) is 0 Å². The summed E-state index contributed by atoms with van der Waals surface area (Å²) < 4.78 is 1.67. The second-order valence-corrected chi connectivity index (χ2v) is 11.0. The van der Waals surface area contributed by atoms with E-state index in [9.17, 15) is 9.59 Å². The minimum atomic E-state index is -0.135. The Morgan fingerprint density at radius 3 is 2.29 bits per heavy atom. The molecule has 2 aromatic heterocycles. The van der Waals surface area contributed by atoms with Crippen molar-refractivity contribution in [3.05, 3.63) is 128 Å². The maximum atomic E-state index is 12.6. The molecular weight excluding hydrogens is 490 g/mol. The van der Waals surface area contributed by atoms with Crippen LogP contribution in [0.4, 0.5) is 0 Å². The molecule has 38 heavy (non-hydrogen) atoms. The maximum Gasteiger partial charge on any atom is 0.255 e. The van der Waals surface area contributed by atoms with Gasteiger partial charge >= 0.3 is 0 Å². The molecule has 4 rings (SSSR count). The van der Waals surface area contributed by atoms with Crippen LogP contribution >= 0.6 is 11.8 Å². The number of H-pyrrole nitrogens is 1. The SMILES string of the molecule is Cc1ccc(CCCCCCCCSc2ncc(Cc3ccn(Cc4ccccc4)c(=O)c3)c(=O)[nH]2)cc1. The third kappa shape index (κ3) is 8.88. The quantitative estimate of drug-likeness (QED) is 0.115. The molecule has 0 aliphatic carbocycles. The number of pyridine rings is 1. The van der Waals surface area contributed by atoms with Gasteiger partial charge in [0.25, 0.3) is 11.1 Å². The minimum absolute atomic E-state index is 0.0748. The van der Waals surface area contributed by atoms with Gasteiger partial charge in [-0.1, -0.05) is 97.6 Å². The largest absolute Gasteiger partial charge is 0.311 e. The summed E-state index contributed by atoms with van der Waals surface area (Å²) in [5.41, 5.74) is 5.00. The summed E-state index contributed by atoms with van der Waals surface area (Å²) in [6.45, 7) is 2.66. The number of unbranched alkanes of at least 4 members (excludes halogenated alkanes) is 5. The topological polar surface area (TPSA) is 67.8 Å². The number of thioether (sulfide) groups is 1. The van der Waals surface area contributed by atoms with Crippen LogP contribution in [0.15, 0.2) is 93.9 Å². The second-order valence-electron chi connectivity index (χ2n) is 9.91. The summed E-state index contributed by atoms with van der Waals surface area (Å²) in [4.78, 5) is 32.5. The van der Waals surface area contributed by atoms with Gasteiger partial charge in [0.2, 0.25) is 0 Å². The van der Waals surface area contributed by atoms with E-state index < -0.39 is 0 Å². The molecule has 0 atom stereocenters. The van der Waals surface area contributed by atoms with E-state index in [1.807, 2.05) is 36.4 Å². The number of rotatable bonds is 14. The number of aromatic nitrogens is 3. The summed E-state index contributed by atoms with van der Waals surface area (Å²) in [5.74, 6) is 0.950. The van der Waals surface area contributed by atoms with E-state index in [1.54, 1.807) is 34.8 Å². The lowest BCUT2D eigenvalue weighted by Gasteiger charge is -2.08. The normalized spacial score (nSPS) is 11.1. The zero-order valence-electron chi connectivity index (χ0n) is 22.2. The predicted octanol–water partition coefficient (Wildman–Crippen LogP) is 6.55. The van der Waals surface area contributed by atoms with Gasteiger partial charge < -0.3 is 9.55 Å². The Kier molecular flexibility index (Phi) is 10.6. The van der Waals surface area contributed by atoms with Crippen LogP contribution in [0.1, 0.15) is 66.3 Å². The van der Waals surface area contributed by atoms with E-state index in [1.165, 1.54) is 49.7 Å². The van der Waals surface area contributed by atoms with E-state index in [0.29, 0.717) is 23.7 Å². The Morgan fingerprint density at radius 1 is 0.816 bits per heavy atom. The predicted molar refractivity (Wildman–Crippen MR) is 157 cm³/mol. The van der Waals surface area contributed by atoms with Gasteiger partial charge in [0, 0.05) is 36.2 Å². The van der Waals surface area contributed by atoms with Crippen molar-refractivity contribution >= 4 is 11.8 Å². The zero-order chi connectivity index (χ0) is 26.6. The highest BCUT2D eigenvalue weighted by Gasteiger charge is 2.07. The average molecular weight is 528 g/mol. The van der Waals surface area contributed by atoms with Gasteiger partial charge in [-0.3, -0.25) is 9.59 Å². The highest BCUT2D eigenvalue weighted by atomic mass is 32.2. The number of aryl methyl sites for hydroxylation is 2. The van der Waals surface area contributed by atoms with Crippen molar-refractivity contribution in [1.29, 1.82) is 0 Å². The first-order valence-corrected chi connectivity index (χ1v) is 14.6. The fraction of sp³-hybridized carbons (Fsp3) is 0.344. The lowest BCUT2D eigenvalue weighted by atomic mass is 10.0. The number of nitrogens with one attached hydrogen (secondary N) is 1. The number of hydrogen-bond acceptors (Lipinski definition) is 4. The molecular formula is C32H37N3O2S. The van der Waals surface area contributed by atoms with Crippen molar-refractivity contribution in [2.75, 3.05) is 5.75 Å². The van der Waals surface area contributed by atoms with Gasteiger partial charge in [-0.05, 0) is 48.9 Å². The van der Waals surface area contributed by atoms with Crippen molar-refractivity contribution < 1.29 is 0 Å². The molecule has 0 aliphatic rings. The van der Waals surface area contributed by atoms with Crippen LogP contribution in [0, 0.1) is 6.92 Å². The molecule has 1 N–H and O–H groups in total. The second kappa shape index (κ2) is 14.5. The smallest absolute Gasteiger partial charge is 0.255 e. The van der Waals surface area contributed by atoms with Crippen molar-refractivity contribution in [3.8, 4) is 0 Å². The molecule has 2 heterocycles. The molecule has 0 saturated heterocycles. The molecule has 2 aromatic carbocycles. The van der Waals surface area contributed by atoms with Gasteiger partial charge in [-0.2, -0.15) is 0 Å². The number of aromatic amines is 1. The van der Waals surface area contributed by atoms with Crippen molar-refractivity contribution in [2.45, 2.75) is 70.0 Å². The first-order valence-electron chi connectivity index (χ1n) is 13.6. The zero-order valence-corrected chi connectivity index (χ0v) is 23.0. The third-order valence-electron chi connectivity index (χ3n) is 6.72. The van der Waals surface area contributed by atoms with Crippen LogP contribution in [0.25, 0.3) is 0 Å². The van der Waals surface area contributed by atoms with Gasteiger partial charge in [0.05, 0.1) is 6.54 Å². The fourth-order valence-electron chi connectivity index (χ4n) is 4.46. The number of nitrogens with zero attached hydrogens (tertiary/aromatic N) is 2. The minimum Gasteiger partial charge on any atom is -0.311 e. The van der Waals surface area contributed by atoms with Gasteiger partial charge in [0.15, 0.2) is 5.16 Å². The molecule has 0 bridgehead atoms. The van der Waals surface area contributed by atoms with Crippen LogP contribution in [-0.2, 0) is 19.4 Å². The Morgan fingerprint density at radius 2 is 1.55 bits per heavy atom. The van der Waals surface area contributed by atoms with Crippen molar-refractivity contribution in [3.63, 3.8) is 0 Å².